The smallest absolute Gasteiger partial charge is 0.328 e. The van der Waals surface area contributed by atoms with Crippen molar-refractivity contribution in [3.8, 4) is 6.07 Å². The van der Waals surface area contributed by atoms with E-state index in [0.29, 0.717) is 0 Å². The second-order valence-electron chi connectivity index (χ2n) is 2.85. The second-order valence-corrected chi connectivity index (χ2v) is 2.85. The molecular weight excluding hydrogens is 202 g/mol. The first-order valence-electron chi connectivity index (χ1n) is 4.25. The standard InChI is InChI=1S/C8H13N3O4/c1-11(4-2-3-9)8(15)10-6(5-12)7(13)14/h6,12H,2,4-5H2,1H3,(H,10,15)(H,13,14)/t6-/m0/s1. The molecule has 0 aliphatic heterocycles. The molecule has 7 nitrogen and oxygen atoms in total. The maximum absolute atomic E-state index is 11.3. The number of carbonyl (C=O) groups is 2. The van der Waals surface area contributed by atoms with Gasteiger partial charge in [-0.25, -0.2) is 9.59 Å². The van der Waals surface area contributed by atoms with Crippen molar-refractivity contribution in [2.75, 3.05) is 20.2 Å². The van der Waals surface area contributed by atoms with Crippen molar-refractivity contribution in [2.24, 2.45) is 0 Å². The highest BCUT2D eigenvalue weighted by atomic mass is 16.4. The van der Waals surface area contributed by atoms with E-state index < -0.39 is 24.6 Å². The summed E-state index contributed by atoms with van der Waals surface area (Å²) in [5, 5.41) is 27.5. The number of amides is 2. The average Bonchev–Trinajstić information content (AvgIpc) is 2.21. The normalized spacial score (nSPS) is 11.3. The monoisotopic (exact) mass is 215 g/mol. The summed E-state index contributed by atoms with van der Waals surface area (Å²) < 4.78 is 0. The molecule has 0 saturated heterocycles. The molecule has 0 aromatic carbocycles. The van der Waals surface area contributed by atoms with Crippen LogP contribution in [-0.2, 0) is 4.79 Å². The third kappa shape index (κ3) is 4.83. The van der Waals surface area contributed by atoms with E-state index in [9.17, 15) is 9.59 Å². The molecule has 0 rings (SSSR count). The Morgan fingerprint density at radius 3 is 2.60 bits per heavy atom. The summed E-state index contributed by atoms with van der Waals surface area (Å²) in [5.74, 6) is -1.31. The fourth-order valence-corrected chi connectivity index (χ4v) is 0.764. The number of carbonyl (C=O) groups excluding carboxylic acids is 1. The number of nitriles is 1. The number of nitrogens with zero attached hydrogens (tertiary/aromatic N) is 2. The van der Waals surface area contributed by atoms with Crippen molar-refractivity contribution < 1.29 is 19.8 Å². The summed E-state index contributed by atoms with van der Waals surface area (Å²) in [6.45, 7) is -0.465. The highest BCUT2D eigenvalue weighted by Gasteiger charge is 2.20. The number of rotatable bonds is 5. The molecule has 0 saturated carbocycles. The summed E-state index contributed by atoms with van der Waals surface area (Å²) >= 11 is 0. The van der Waals surface area contributed by atoms with Crippen LogP contribution in [0.15, 0.2) is 0 Å². The van der Waals surface area contributed by atoms with Crippen molar-refractivity contribution in [3.05, 3.63) is 0 Å². The molecule has 0 spiro atoms. The van der Waals surface area contributed by atoms with E-state index in [2.05, 4.69) is 5.32 Å². The van der Waals surface area contributed by atoms with Gasteiger partial charge in [-0.2, -0.15) is 5.26 Å². The summed E-state index contributed by atoms with van der Waals surface area (Å²) in [7, 11) is 1.43. The third-order valence-electron chi connectivity index (χ3n) is 1.68. The highest BCUT2D eigenvalue weighted by Crippen LogP contribution is 1.90. The lowest BCUT2D eigenvalue weighted by Crippen LogP contribution is -2.48. The van der Waals surface area contributed by atoms with Crippen molar-refractivity contribution in [1.82, 2.24) is 10.2 Å². The zero-order valence-corrected chi connectivity index (χ0v) is 8.30. The average molecular weight is 215 g/mol. The molecule has 0 aromatic rings. The van der Waals surface area contributed by atoms with Crippen LogP contribution in [0, 0.1) is 11.3 Å². The Morgan fingerprint density at radius 2 is 2.20 bits per heavy atom. The number of hydrogen-bond donors (Lipinski definition) is 3. The van der Waals surface area contributed by atoms with Crippen LogP contribution >= 0.6 is 0 Å². The van der Waals surface area contributed by atoms with E-state index in [1.54, 1.807) is 0 Å². The number of aliphatic carboxylic acids is 1. The van der Waals surface area contributed by atoms with Crippen LogP contribution < -0.4 is 5.32 Å². The van der Waals surface area contributed by atoms with Gasteiger partial charge in [0, 0.05) is 13.6 Å². The number of aliphatic hydroxyl groups is 1. The van der Waals surface area contributed by atoms with Gasteiger partial charge in [0.25, 0.3) is 0 Å². The molecule has 7 heteroatoms. The van der Waals surface area contributed by atoms with Crippen LogP contribution in [-0.4, -0.2) is 53.4 Å². The summed E-state index contributed by atoms with van der Waals surface area (Å²) in [6.07, 6.45) is 0.167. The Hall–Kier alpha value is -1.81. The SMILES string of the molecule is CN(CCC#N)C(=O)N[C@@H](CO)C(=O)O. The van der Waals surface area contributed by atoms with Gasteiger partial charge in [-0.1, -0.05) is 0 Å². The van der Waals surface area contributed by atoms with Crippen LogP contribution in [0.5, 0.6) is 0 Å². The topological polar surface area (TPSA) is 114 Å². The van der Waals surface area contributed by atoms with E-state index in [1.807, 2.05) is 6.07 Å². The molecule has 0 heterocycles. The first-order chi connectivity index (χ1) is 7.02. The number of carboxylic acid groups (broad SMARTS) is 1. The molecule has 1 atom stereocenters. The maximum atomic E-state index is 11.3. The van der Waals surface area contributed by atoms with Crippen LogP contribution in [0.1, 0.15) is 6.42 Å². The minimum atomic E-state index is -1.32. The molecule has 3 N–H and O–H groups in total. The molecule has 0 aromatic heterocycles. The predicted molar refractivity (Wildman–Crippen MR) is 49.9 cm³/mol. The zero-order valence-electron chi connectivity index (χ0n) is 8.30. The van der Waals surface area contributed by atoms with Gasteiger partial charge in [0.05, 0.1) is 19.1 Å². The van der Waals surface area contributed by atoms with Crippen LogP contribution in [0.4, 0.5) is 4.79 Å². The van der Waals surface area contributed by atoms with E-state index in [1.165, 1.54) is 11.9 Å². The van der Waals surface area contributed by atoms with Gasteiger partial charge in [0.15, 0.2) is 6.04 Å². The van der Waals surface area contributed by atoms with Crippen molar-refractivity contribution in [1.29, 1.82) is 5.26 Å². The van der Waals surface area contributed by atoms with E-state index in [0.717, 1.165) is 0 Å². The third-order valence-corrected chi connectivity index (χ3v) is 1.68. The molecule has 15 heavy (non-hydrogen) atoms. The first-order valence-corrected chi connectivity index (χ1v) is 4.25. The van der Waals surface area contributed by atoms with Crippen LogP contribution in [0.2, 0.25) is 0 Å². The number of urea groups is 1. The van der Waals surface area contributed by atoms with E-state index >= 15 is 0 Å². The van der Waals surface area contributed by atoms with Gasteiger partial charge >= 0.3 is 12.0 Å². The Labute approximate surface area is 86.9 Å². The molecular formula is C8H13N3O4. The summed E-state index contributed by atoms with van der Waals surface area (Å²) in [4.78, 5) is 22.9. The lowest BCUT2D eigenvalue weighted by Gasteiger charge is -2.19. The van der Waals surface area contributed by atoms with Gasteiger partial charge in [0.1, 0.15) is 0 Å². The van der Waals surface area contributed by atoms with Crippen molar-refractivity contribution in [2.45, 2.75) is 12.5 Å². The van der Waals surface area contributed by atoms with Crippen LogP contribution in [0.25, 0.3) is 0 Å². The predicted octanol–water partition coefficient (Wildman–Crippen LogP) is -1.01. The Balaban J connectivity index is 4.11. The Kier molecular flexibility index (Phi) is 5.82. The van der Waals surface area contributed by atoms with E-state index in [4.69, 9.17) is 15.5 Å². The number of aliphatic hydroxyl groups excluding tert-OH is 1. The van der Waals surface area contributed by atoms with Gasteiger partial charge in [-0.05, 0) is 0 Å². The van der Waals surface area contributed by atoms with Crippen LogP contribution in [0.3, 0.4) is 0 Å². The Bertz CT molecular complexity index is 274. The summed E-state index contributed by atoms with van der Waals surface area (Å²) in [5.41, 5.74) is 0. The number of carboxylic acids is 1. The molecule has 0 aliphatic carbocycles. The lowest BCUT2D eigenvalue weighted by atomic mass is 10.3. The van der Waals surface area contributed by atoms with Gasteiger partial charge < -0.3 is 20.4 Å². The molecule has 2 amide bonds. The quantitative estimate of drug-likeness (QED) is 0.543. The van der Waals surface area contributed by atoms with Gasteiger partial charge in [-0.3, -0.25) is 0 Å². The largest absolute Gasteiger partial charge is 0.480 e. The van der Waals surface area contributed by atoms with Crippen molar-refractivity contribution in [3.63, 3.8) is 0 Å². The van der Waals surface area contributed by atoms with Gasteiger partial charge in [-0.15, -0.1) is 0 Å². The minimum Gasteiger partial charge on any atom is -0.480 e. The number of hydrogen-bond acceptors (Lipinski definition) is 4. The molecule has 84 valence electrons. The second kappa shape index (κ2) is 6.62. The fraction of sp³-hybridized carbons (Fsp3) is 0.625. The molecule has 0 fully saturated rings. The lowest BCUT2D eigenvalue weighted by molar-refractivity contribution is -0.140. The minimum absolute atomic E-state index is 0.167. The fourth-order valence-electron chi connectivity index (χ4n) is 0.764. The molecule has 0 aliphatic rings. The highest BCUT2D eigenvalue weighted by molar-refractivity contribution is 5.82. The zero-order chi connectivity index (χ0) is 11.8. The molecule has 0 unspecified atom stereocenters. The molecule has 0 bridgehead atoms. The number of nitrogens with one attached hydrogen (secondary N) is 1. The molecule has 0 radical (unpaired) electrons. The summed E-state index contributed by atoms with van der Waals surface area (Å²) in [6, 6.07) is -0.0941. The Morgan fingerprint density at radius 1 is 1.60 bits per heavy atom. The maximum Gasteiger partial charge on any atom is 0.328 e. The van der Waals surface area contributed by atoms with E-state index in [-0.39, 0.29) is 13.0 Å². The first kappa shape index (κ1) is 13.2. The van der Waals surface area contributed by atoms with Gasteiger partial charge in [0.2, 0.25) is 0 Å². The van der Waals surface area contributed by atoms with Crippen molar-refractivity contribution >= 4 is 12.0 Å².